The van der Waals surface area contributed by atoms with Crippen LogP contribution in [0.25, 0.3) is 0 Å². The van der Waals surface area contributed by atoms with Gasteiger partial charge in [0, 0.05) is 32.6 Å². The highest BCUT2D eigenvalue weighted by Gasteiger charge is 2.28. The number of nitrogens with zero attached hydrogens (tertiary/aromatic N) is 4. The fourth-order valence-corrected chi connectivity index (χ4v) is 4.16. The van der Waals surface area contributed by atoms with E-state index < -0.39 is 11.9 Å². The van der Waals surface area contributed by atoms with E-state index in [1.807, 2.05) is 72.6 Å². The number of hydrogen-bond acceptors (Lipinski definition) is 6. The number of anilines is 1. The second kappa shape index (κ2) is 11.1. The summed E-state index contributed by atoms with van der Waals surface area (Å²) in [6.45, 7) is 1.49. The van der Waals surface area contributed by atoms with Crippen LogP contribution >= 0.6 is 0 Å². The number of benzene rings is 3. The number of amides is 1. The van der Waals surface area contributed by atoms with Crippen LogP contribution in [0.5, 0.6) is 11.6 Å². The number of carbonyl (C=O) groups is 1. The van der Waals surface area contributed by atoms with Crippen LogP contribution in [-0.2, 0) is 30.9 Å². The highest BCUT2D eigenvalue weighted by atomic mass is 19.1. The van der Waals surface area contributed by atoms with E-state index in [9.17, 15) is 9.18 Å². The molecule has 1 amide bonds. The molecule has 0 unspecified atom stereocenters. The average Bonchev–Trinajstić information content (AvgIpc) is 2.92. The van der Waals surface area contributed by atoms with Gasteiger partial charge in [0.05, 0.1) is 17.8 Å². The molecule has 0 spiro atoms. The van der Waals surface area contributed by atoms with Gasteiger partial charge < -0.3 is 19.3 Å². The smallest absolute Gasteiger partial charge is 0.410 e. The van der Waals surface area contributed by atoms with E-state index in [-0.39, 0.29) is 13.2 Å². The van der Waals surface area contributed by atoms with E-state index in [1.165, 1.54) is 12.1 Å². The summed E-state index contributed by atoms with van der Waals surface area (Å²) in [6, 6.07) is 25.5. The lowest BCUT2D eigenvalue weighted by molar-refractivity contribution is 0.0912. The Kier molecular flexibility index (Phi) is 7.26. The van der Waals surface area contributed by atoms with Crippen molar-refractivity contribution in [1.29, 1.82) is 0 Å². The number of aromatic nitrogens is 2. The van der Waals surface area contributed by atoms with Gasteiger partial charge in [0.15, 0.2) is 0 Å². The van der Waals surface area contributed by atoms with Gasteiger partial charge in [0.1, 0.15) is 18.2 Å². The molecule has 3 aromatic carbocycles. The third kappa shape index (κ3) is 6.03. The summed E-state index contributed by atoms with van der Waals surface area (Å²) in [5.74, 6) is 0.703. The first kappa shape index (κ1) is 24.2. The quantitative estimate of drug-likeness (QED) is 0.324. The summed E-state index contributed by atoms with van der Waals surface area (Å²) in [4.78, 5) is 25.9. The molecule has 5 rings (SSSR count). The van der Waals surface area contributed by atoms with Crippen LogP contribution in [0.2, 0.25) is 0 Å². The number of ether oxygens (including phenoxy) is 2. The van der Waals surface area contributed by atoms with Gasteiger partial charge >= 0.3 is 6.09 Å². The summed E-state index contributed by atoms with van der Waals surface area (Å²) >= 11 is 0. The molecule has 0 saturated carbocycles. The summed E-state index contributed by atoms with van der Waals surface area (Å²) in [5, 5.41) is 0. The Bertz CT molecular complexity index is 1370. The molecule has 1 aliphatic rings. The monoisotopic (exact) mass is 498 g/mol. The van der Waals surface area contributed by atoms with Crippen LogP contribution in [0, 0.1) is 5.82 Å². The maximum atomic E-state index is 13.9. The van der Waals surface area contributed by atoms with Crippen molar-refractivity contribution in [3.05, 3.63) is 113 Å². The van der Waals surface area contributed by atoms with E-state index >= 15 is 0 Å². The molecule has 8 heteroatoms. The first-order valence-corrected chi connectivity index (χ1v) is 12.1. The third-order valence-electron chi connectivity index (χ3n) is 6.09. The number of carbonyl (C=O) groups excluding carboxylic acids is 1. The Hall–Kier alpha value is -4.46. The second-order valence-electron chi connectivity index (χ2n) is 8.87. The molecular formula is C29H27FN4O3. The zero-order chi connectivity index (χ0) is 25.6. The van der Waals surface area contributed by atoms with E-state index in [1.54, 1.807) is 17.0 Å². The Morgan fingerprint density at radius 3 is 2.43 bits per heavy atom. The minimum absolute atomic E-state index is 0.190. The van der Waals surface area contributed by atoms with Gasteiger partial charge in [0.2, 0.25) is 11.8 Å². The zero-order valence-electron chi connectivity index (χ0n) is 20.5. The highest BCUT2D eigenvalue weighted by molar-refractivity contribution is 5.68. The second-order valence-corrected chi connectivity index (χ2v) is 8.87. The fourth-order valence-electron chi connectivity index (χ4n) is 4.16. The van der Waals surface area contributed by atoms with Crippen molar-refractivity contribution in [2.45, 2.75) is 26.1 Å². The SMILES string of the molecule is CN(Cc1ccccc1)c1nc2c(c(Oc3cccc(F)c3)n1)CN(C(=O)OCc1ccccc1)CC2. The molecule has 0 atom stereocenters. The molecule has 0 saturated heterocycles. The standard InChI is InChI=1S/C29H27FN4O3/c1-33(18-21-9-4-2-5-10-21)28-31-26-15-16-34(29(35)36-20-22-11-6-3-7-12-22)19-25(26)27(32-28)37-24-14-8-13-23(30)17-24/h2-14,17H,15-16,18-20H2,1H3. The maximum absolute atomic E-state index is 13.9. The Morgan fingerprint density at radius 2 is 1.70 bits per heavy atom. The topological polar surface area (TPSA) is 67.8 Å². The van der Waals surface area contributed by atoms with Gasteiger partial charge in [-0.05, 0) is 23.3 Å². The van der Waals surface area contributed by atoms with Crippen LogP contribution in [0.15, 0.2) is 84.9 Å². The van der Waals surface area contributed by atoms with Gasteiger partial charge in [-0.15, -0.1) is 0 Å². The first-order valence-electron chi connectivity index (χ1n) is 12.1. The molecule has 1 aromatic heterocycles. The van der Waals surface area contributed by atoms with E-state index in [0.29, 0.717) is 42.7 Å². The maximum Gasteiger partial charge on any atom is 0.410 e. The van der Waals surface area contributed by atoms with Gasteiger partial charge in [-0.2, -0.15) is 4.98 Å². The molecule has 0 radical (unpaired) electrons. The summed E-state index contributed by atoms with van der Waals surface area (Å²) in [6.07, 6.45) is 0.0979. The van der Waals surface area contributed by atoms with Crippen molar-refractivity contribution < 1.29 is 18.7 Å². The van der Waals surface area contributed by atoms with Crippen molar-refractivity contribution in [3.8, 4) is 11.6 Å². The predicted molar refractivity (Wildman–Crippen MR) is 138 cm³/mol. The van der Waals surface area contributed by atoms with E-state index in [0.717, 1.165) is 16.8 Å². The van der Waals surface area contributed by atoms with Crippen molar-refractivity contribution in [2.75, 3.05) is 18.5 Å². The van der Waals surface area contributed by atoms with Crippen molar-refractivity contribution in [3.63, 3.8) is 0 Å². The van der Waals surface area contributed by atoms with E-state index in [2.05, 4.69) is 4.98 Å². The Labute approximate surface area is 215 Å². The normalized spacial score (nSPS) is 12.5. The molecule has 0 aliphatic carbocycles. The molecule has 0 N–H and O–H groups in total. The number of hydrogen-bond donors (Lipinski definition) is 0. The van der Waals surface area contributed by atoms with Crippen LogP contribution in [-0.4, -0.2) is 34.6 Å². The highest BCUT2D eigenvalue weighted by Crippen LogP contribution is 2.32. The number of rotatable bonds is 7. The molecular weight excluding hydrogens is 471 g/mol. The summed E-state index contributed by atoms with van der Waals surface area (Å²) < 4.78 is 25.5. The predicted octanol–water partition coefficient (Wildman–Crippen LogP) is 5.74. The lowest BCUT2D eigenvalue weighted by Gasteiger charge is -2.29. The van der Waals surface area contributed by atoms with Crippen LogP contribution in [0.4, 0.5) is 15.1 Å². The minimum Gasteiger partial charge on any atom is -0.445 e. The molecule has 4 aromatic rings. The van der Waals surface area contributed by atoms with Crippen molar-refractivity contribution in [1.82, 2.24) is 14.9 Å². The lowest BCUT2D eigenvalue weighted by atomic mass is 10.1. The van der Waals surface area contributed by atoms with Crippen LogP contribution < -0.4 is 9.64 Å². The largest absolute Gasteiger partial charge is 0.445 e. The first-order chi connectivity index (χ1) is 18.0. The minimum atomic E-state index is -0.420. The molecule has 1 aliphatic heterocycles. The molecule has 188 valence electrons. The lowest BCUT2D eigenvalue weighted by Crippen LogP contribution is -2.37. The number of halogens is 1. The van der Waals surface area contributed by atoms with Gasteiger partial charge in [-0.3, -0.25) is 0 Å². The molecule has 7 nitrogen and oxygen atoms in total. The summed E-state index contributed by atoms with van der Waals surface area (Å²) in [5.41, 5.74) is 3.51. The molecule has 37 heavy (non-hydrogen) atoms. The summed E-state index contributed by atoms with van der Waals surface area (Å²) in [7, 11) is 1.91. The zero-order valence-corrected chi connectivity index (χ0v) is 20.5. The molecule has 0 bridgehead atoms. The fraction of sp³-hybridized carbons (Fsp3) is 0.207. The number of fused-ring (bicyclic) bond motifs is 1. The van der Waals surface area contributed by atoms with Crippen molar-refractivity contribution >= 4 is 12.0 Å². The van der Waals surface area contributed by atoms with Crippen LogP contribution in [0.1, 0.15) is 22.4 Å². The molecule has 2 heterocycles. The van der Waals surface area contributed by atoms with E-state index in [4.69, 9.17) is 14.5 Å². The van der Waals surface area contributed by atoms with Crippen LogP contribution in [0.3, 0.4) is 0 Å². The van der Waals surface area contributed by atoms with Crippen molar-refractivity contribution in [2.24, 2.45) is 0 Å². The van der Waals surface area contributed by atoms with Gasteiger partial charge in [0.25, 0.3) is 0 Å². The van der Waals surface area contributed by atoms with Gasteiger partial charge in [-0.25, -0.2) is 14.2 Å². The Balaban J connectivity index is 1.39. The van der Waals surface area contributed by atoms with Gasteiger partial charge in [-0.1, -0.05) is 66.7 Å². The molecule has 0 fully saturated rings. The Morgan fingerprint density at radius 1 is 0.973 bits per heavy atom. The third-order valence-corrected chi connectivity index (χ3v) is 6.09. The average molecular weight is 499 g/mol.